The summed E-state index contributed by atoms with van der Waals surface area (Å²) in [4.78, 5) is 0. The highest BCUT2D eigenvalue weighted by atomic mass is 16.2. The molecule has 122 valence electrons. The van der Waals surface area contributed by atoms with E-state index in [0.717, 1.165) is 24.8 Å². The summed E-state index contributed by atoms with van der Waals surface area (Å²) < 4.78 is 0. The molecular weight excluding hydrogens is 255 g/mol. The van der Waals surface area contributed by atoms with Crippen molar-refractivity contribution >= 4 is 6.71 Å². The Balaban J connectivity index is 1.43. The number of rotatable bonds is 11. The van der Waals surface area contributed by atoms with Gasteiger partial charge in [0.1, 0.15) is 6.71 Å². The molecule has 0 amide bonds. The van der Waals surface area contributed by atoms with E-state index >= 15 is 0 Å². The standard InChI is InChI=1S/C19H37BO/c21-17-9-7-5-3-1-2-4-6-8-16-20-18-12-10-13-19(20)15-11-14-18/h18-19,21H,1-17H2. The molecule has 0 aromatic rings. The van der Waals surface area contributed by atoms with Crippen LogP contribution in [0.4, 0.5) is 0 Å². The van der Waals surface area contributed by atoms with Crippen LogP contribution in [0, 0.1) is 0 Å². The highest BCUT2D eigenvalue weighted by Gasteiger charge is 2.37. The second-order valence-electron chi connectivity index (χ2n) is 7.74. The molecule has 2 fully saturated rings. The van der Waals surface area contributed by atoms with Crippen LogP contribution in [-0.4, -0.2) is 18.4 Å². The molecule has 2 bridgehead atoms. The van der Waals surface area contributed by atoms with Crippen LogP contribution in [0.5, 0.6) is 0 Å². The summed E-state index contributed by atoms with van der Waals surface area (Å²) >= 11 is 0. The summed E-state index contributed by atoms with van der Waals surface area (Å²) in [7, 11) is 0. The maximum absolute atomic E-state index is 8.73. The predicted octanol–water partition coefficient (Wildman–Crippen LogP) is 6.09. The number of unbranched alkanes of at least 4 members (excludes halogenated alkanes) is 8. The van der Waals surface area contributed by atoms with Gasteiger partial charge in [0.05, 0.1) is 0 Å². The third-order valence-electron chi connectivity index (χ3n) is 6.21. The number of aliphatic hydroxyl groups is 1. The van der Waals surface area contributed by atoms with Gasteiger partial charge in [0.2, 0.25) is 0 Å². The second-order valence-corrected chi connectivity index (χ2v) is 7.74. The average molecular weight is 292 g/mol. The molecule has 2 rings (SSSR count). The van der Waals surface area contributed by atoms with Crippen LogP contribution < -0.4 is 0 Å². The fraction of sp³-hybridized carbons (Fsp3) is 1.00. The lowest BCUT2D eigenvalue weighted by molar-refractivity contribution is 0.282. The molecule has 2 aliphatic rings. The fourth-order valence-electron chi connectivity index (χ4n) is 5.02. The van der Waals surface area contributed by atoms with E-state index in [0.29, 0.717) is 6.61 Å². The number of hydrogen-bond donors (Lipinski definition) is 1. The Kier molecular flexibility index (Phi) is 8.86. The maximum atomic E-state index is 8.73. The van der Waals surface area contributed by atoms with Crippen LogP contribution in [0.1, 0.15) is 96.3 Å². The van der Waals surface area contributed by atoms with Gasteiger partial charge in [-0.15, -0.1) is 0 Å². The van der Waals surface area contributed by atoms with E-state index in [9.17, 15) is 0 Å². The Hall–Kier alpha value is 0.0249. The molecule has 0 spiro atoms. The Labute approximate surface area is 133 Å². The molecular formula is C19H37BO. The zero-order valence-electron chi connectivity index (χ0n) is 14.2. The number of fused-ring (bicyclic) bond motifs is 2. The topological polar surface area (TPSA) is 20.2 Å². The van der Waals surface area contributed by atoms with E-state index in [1.54, 1.807) is 32.0 Å². The maximum Gasteiger partial charge on any atom is 0.146 e. The fourth-order valence-corrected chi connectivity index (χ4v) is 5.02. The zero-order chi connectivity index (χ0) is 14.8. The van der Waals surface area contributed by atoms with Crippen molar-refractivity contribution < 1.29 is 5.11 Å². The van der Waals surface area contributed by atoms with Gasteiger partial charge < -0.3 is 5.11 Å². The van der Waals surface area contributed by atoms with Gasteiger partial charge in [-0.05, 0) is 6.42 Å². The van der Waals surface area contributed by atoms with Crippen LogP contribution in [-0.2, 0) is 0 Å². The minimum absolute atomic E-state index is 0.378. The SMILES string of the molecule is OCCCCCCCCCCCB1C2CCCC1CCC2. The Bertz CT molecular complexity index is 234. The molecule has 2 heteroatoms. The van der Waals surface area contributed by atoms with Crippen molar-refractivity contribution in [3.05, 3.63) is 0 Å². The molecule has 0 aromatic heterocycles. The van der Waals surface area contributed by atoms with E-state index in [2.05, 4.69) is 0 Å². The summed E-state index contributed by atoms with van der Waals surface area (Å²) in [5.41, 5.74) is 0. The van der Waals surface area contributed by atoms with Crippen molar-refractivity contribution in [1.82, 2.24) is 0 Å². The molecule has 0 atom stereocenters. The van der Waals surface area contributed by atoms with Crippen LogP contribution in [0.25, 0.3) is 0 Å². The summed E-state index contributed by atoms with van der Waals surface area (Å²) in [6.07, 6.45) is 23.0. The summed E-state index contributed by atoms with van der Waals surface area (Å²) in [5, 5.41) is 8.73. The lowest BCUT2D eigenvalue weighted by Gasteiger charge is -2.40. The van der Waals surface area contributed by atoms with Gasteiger partial charge in [-0.25, -0.2) is 0 Å². The van der Waals surface area contributed by atoms with Crippen molar-refractivity contribution in [3.8, 4) is 0 Å². The number of aliphatic hydroxyl groups excluding tert-OH is 1. The quantitative estimate of drug-likeness (QED) is 0.361. The van der Waals surface area contributed by atoms with Gasteiger partial charge >= 0.3 is 0 Å². The smallest absolute Gasteiger partial charge is 0.146 e. The van der Waals surface area contributed by atoms with Crippen molar-refractivity contribution in [1.29, 1.82) is 0 Å². The van der Waals surface area contributed by atoms with E-state index in [1.807, 2.05) is 0 Å². The normalized spacial score (nSPS) is 25.3. The molecule has 0 unspecified atom stereocenters. The molecule has 21 heavy (non-hydrogen) atoms. The highest BCUT2D eigenvalue weighted by molar-refractivity contribution is 6.62. The van der Waals surface area contributed by atoms with Crippen LogP contribution in [0.15, 0.2) is 0 Å². The van der Waals surface area contributed by atoms with E-state index in [-0.39, 0.29) is 0 Å². The first-order valence-electron chi connectivity index (χ1n) is 10.0. The van der Waals surface area contributed by atoms with Crippen LogP contribution in [0.2, 0.25) is 18.0 Å². The third kappa shape index (κ3) is 6.34. The van der Waals surface area contributed by atoms with Gasteiger partial charge in [0.15, 0.2) is 0 Å². The van der Waals surface area contributed by atoms with Gasteiger partial charge in [-0.1, -0.05) is 108 Å². The van der Waals surface area contributed by atoms with E-state index in [1.165, 1.54) is 64.2 Å². The summed E-state index contributed by atoms with van der Waals surface area (Å²) in [6.45, 7) is 1.49. The van der Waals surface area contributed by atoms with Gasteiger partial charge in [0.25, 0.3) is 0 Å². The van der Waals surface area contributed by atoms with Gasteiger partial charge in [-0.2, -0.15) is 0 Å². The summed E-state index contributed by atoms with van der Waals surface area (Å²) in [5.74, 6) is 2.23. The average Bonchev–Trinajstić information content (AvgIpc) is 2.49. The lowest BCUT2D eigenvalue weighted by atomic mass is 9.26. The van der Waals surface area contributed by atoms with Gasteiger partial charge in [-0.3, -0.25) is 0 Å². The van der Waals surface area contributed by atoms with Crippen molar-refractivity contribution in [2.75, 3.05) is 6.61 Å². The predicted molar refractivity (Wildman–Crippen MR) is 94.4 cm³/mol. The Morgan fingerprint density at radius 1 is 0.619 bits per heavy atom. The Morgan fingerprint density at radius 3 is 1.52 bits per heavy atom. The molecule has 2 heterocycles. The minimum Gasteiger partial charge on any atom is -0.396 e. The van der Waals surface area contributed by atoms with Crippen LogP contribution >= 0.6 is 0 Å². The van der Waals surface area contributed by atoms with Crippen molar-refractivity contribution in [2.45, 2.75) is 114 Å². The van der Waals surface area contributed by atoms with Crippen LogP contribution in [0.3, 0.4) is 0 Å². The van der Waals surface area contributed by atoms with Crippen molar-refractivity contribution in [2.24, 2.45) is 0 Å². The number of hydrogen-bond acceptors (Lipinski definition) is 1. The molecule has 1 N–H and O–H groups in total. The monoisotopic (exact) mass is 292 g/mol. The molecule has 0 aliphatic carbocycles. The van der Waals surface area contributed by atoms with Gasteiger partial charge in [0, 0.05) is 6.61 Å². The molecule has 2 aliphatic heterocycles. The first-order valence-corrected chi connectivity index (χ1v) is 10.0. The molecule has 0 saturated carbocycles. The second kappa shape index (κ2) is 10.7. The largest absolute Gasteiger partial charge is 0.396 e. The van der Waals surface area contributed by atoms with E-state index in [4.69, 9.17) is 5.11 Å². The first-order chi connectivity index (χ1) is 10.4. The zero-order valence-corrected chi connectivity index (χ0v) is 14.2. The Morgan fingerprint density at radius 2 is 1.05 bits per heavy atom. The molecule has 2 saturated heterocycles. The lowest BCUT2D eigenvalue weighted by Crippen LogP contribution is -2.34. The molecule has 1 nitrogen and oxygen atoms in total. The molecule has 0 aromatic carbocycles. The van der Waals surface area contributed by atoms with E-state index < -0.39 is 0 Å². The minimum atomic E-state index is 0.378. The highest BCUT2D eigenvalue weighted by Crippen LogP contribution is 2.48. The summed E-state index contributed by atoms with van der Waals surface area (Å²) in [6, 6.07) is 0. The molecule has 0 radical (unpaired) electrons. The first kappa shape index (κ1) is 17.4. The third-order valence-corrected chi connectivity index (χ3v) is 6.21. The van der Waals surface area contributed by atoms with Crippen molar-refractivity contribution in [3.63, 3.8) is 0 Å².